The molecule has 1 amide bonds. The maximum atomic E-state index is 12.4. The first-order valence-electron chi connectivity index (χ1n) is 7.62. The number of nitrogens with one attached hydrogen (secondary N) is 1. The van der Waals surface area contributed by atoms with Gasteiger partial charge in [-0.3, -0.25) is 9.59 Å². The average molecular weight is 322 g/mol. The van der Waals surface area contributed by atoms with Crippen LogP contribution < -0.4 is 15.2 Å². The van der Waals surface area contributed by atoms with E-state index >= 15 is 0 Å². The first-order valence-corrected chi connectivity index (χ1v) is 7.62. The number of anilines is 1. The molecule has 0 aliphatic rings. The molecule has 5 nitrogen and oxygen atoms in total. The Morgan fingerprint density at radius 2 is 1.83 bits per heavy atom. The van der Waals surface area contributed by atoms with Crippen molar-refractivity contribution < 1.29 is 9.53 Å². The Morgan fingerprint density at radius 3 is 2.58 bits per heavy atom. The van der Waals surface area contributed by atoms with Gasteiger partial charge in [-0.2, -0.15) is 0 Å². The monoisotopic (exact) mass is 322 g/mol. The molecule has 2 aromatic carbocycles. The molecule has 3 aromatic rings. The summed E-state index contributed by atoms with van der Waals surface area (Å²) in [6.07, 6.45) is 0. The van der Waals surface area contributed by atoms with Gasteiger partial charge < -0.3 is 14.6 Å². The number of hydrogen-bond acceptors (Lipinski definition) is 3. The molecule has 0 aliphatic heterocycles. The fraction of sp³-hybridized carbons (Fsp3) is 0.158. The third-order valence-electron chi connectivity index (χ3n) is 3.91. The van der Waals surface area contributed by atoms with Gasteiger partial charge in [-0.05, 0) is 29.7 Å². The summed E-state index contributed by atoms with van der Waals surface area (Å²) in [5.41, 5.74) is 1.74. The van der Waals surface area contributed by atoms with Crippen molar-refractivity contribution in [2.24, 2.45) is 0 Å². The Hall–Kier alpha value is -3.08. The number of nitrogens with zero attached hydrogens (tertiary/aromatic N) is 1. The highest BCUT2D eigenvalue weighted by molar-refractivity contribution is 5.93. The molecule has 0 spiro atoms. The number of benzene rings is 2. The van der Waals surface area contributed by atoms with E-state index in [0.29, 0.717) is 17.0 Å². The number of aromatic amines is 1. The summed E-state index contributed by atoms with van der Waals surface area (Å²) < 4.78 is 5.33. The molecule has 0 fully saturated rings. The summed E-state index contributed by atoms with van der Waals surface area (Å²) in [6, 6.07) is 16.6. The molecule has 0 atom stereocenters. The van der Waals surface area contributed by atoms with E-state index in [1.54, 1.807) is 19.2 Å². The van der Waals surface area contributed by atoms with Crippen LogP contribution in [-0.2, 0) is 11.3 Å². The first-order chi connectivity index (χ1) is 11.6. The van der Waals surface area contributed by atoms with E-state index in [0.717, 1.165) is 10.9 Å². The number of carbonyl (C=O) groups is 1. The first kappa shape index (κ1) is 15.8. The van der Waals surface area contributed by atoms with Gasteiger partial charge in [-0.25, -0.2) is 0 Å². The highest BCUT2D eigenvalue weighted by Gasteiger charge is 2.18. The van der Waals surface area contributed by atoms with Gasteiger partial charge >= 0.3 is 0 Å². The lowest BCUT2D eigenvalue weighted by molar-refractivity contribution is -0.116. The normalized spacial score (nSPS) is 10.6. The summed E-state index contributed by atoms with van der Waals surface area (Å²) in [5.74, 6) is 0.428. The lowest BCUT2D eigenvalue weighted by Crippen LogP contribution is -2.31. The number of methoxy groups -OCH3 is 1. The number of fused-ring (bicyclic) bond motifs is 1. The maximum absolute atomic E-state index is 12.4. The third kappa shape index (κ3) is 3.01. The SMILES string of the molecule is COc1ccccc1N(Cc1cc2ccccc2[nH]c1=O)C(C)=O. The van der Waals surface area contributed by atoms with Crippen LogP contribution in [0.4, 0.5) is 5.69 Å². The fourth-order valence-electron chi connectivity index (χ4n) is 2.70. The van der Waals surface area contributed by atoms with Gasteiger partial charge in [-0.1, -0.05) is 30.3 Å². The number of carbonyl (C=O) groups excluding carboxylic acids is 1. The number of ether oxygens (including phenoxy) is 1. The molecule has 0 unspecified atom stereocenters. The van der Waals surface area contributed by atoms with Crippen molar-refractivity contribution in [3.05, 3.63) is 70.5 Å². The Balaban J connectivity index is 2.05. The van der Waals surface area contributed by atoms with E-state index in [9.17, 15) is 9.59 Å². The van der Waals surface area contributed by atoms with E-state index in [2.05, 4.69) is 4.98 Å². The predicted octanol–water partition coefficient (Wildman–Crippen LogP) is 3.09. The highest BCUT2D eigenvalue weighted by Crippen LogP contribution is 2.29. The van der Waals surface area contributed by atoms with Crippen molar-refractivity contribution in [2.45, 2.75) is 13.5 Å². The molecule has 0 radical (unpaired) electrons. The van der Waals surface area contributed by atoms with Gasteiger partial charge in [0, 0.05) is 18.0 Å². The standard InChI is InChI=1S/C19H18N2O3/c1-13(22)21(17-9-5-6-10-18(17)24-2)12-15-11-14-7-3-4-8-16(14)20-19(15)23/h3-11H,12H2,1-2H3,(H,20,23). The molecule has 0 saturated carbocycles. The minimum absolute atomic E-state index is 0.160. The van der Waals surface area contributed by atoms with Gasteiger partial charge in [-0.15, -0.1) is 0 Å². The van der Waals surface area contributed by atoms with Crippen LogP contribution in [0.2, 0.25) is 0 Å². The molecule has 3 rings (SSSR count). The summed E-state index contributed by atoms with van der Waals surface area (Å²) in [6.45, 7) is 1.65. The number of para-hydroxylation sites is 3. The zero-order valence-electron chi connectivity index (χ0n) is 13.6. The molecule has 24 heavy (non-hydrogen) atoms. The second-order valence-corrected chi connectivity index (χ2v) is 5.49. The Morgan fingerprint density at radius 1 is 1.12 bits per heavy atom. The predicted molar refractivity (Wildman–Crippen MR) is 94.4 cm³/mol. The van der Waals surface area contributed by atoms with Crippen molar-refractivity contribution in [3.63, 3.8) is 0 Å². The summed E-state index contributed by atoms with van der Waals surface area (Å²) >= 11 is 0. The minimum atomic E-state index is -0.199. The van der Waals surface area contributed by atoms with Crippen molar-refractivity contribution in [1.29, 1.82) is 0 Å². The Labute approximate surface area is 139 Å². The van der Waals surface area contributed by atoms with Crippen LogP contribution in [0.1, 0.15) is 12.5 Å². The molecular weight excluding hydrogens is 304 g/mol. The van der Waals surface area contributed by atoms with Gasteiger partial charge in [0.25, 0.3) is 5.56 Å². The van der Waals surface area contributed by atoms with Crippen LogP contribution in [0, 0.1) is 0 Å². The number of aromatic nitrogens is 1. The van der Waals surface area contributed by atoms with E-state index in [1.807, 2.05) is 42.5 Å². The summed E-state index contributed by atoms with van der Waals surface area (Å²) in [5, 5.41) is 0.927. The third-order valence-corrected chi connectivity index (χ3v) is 3.91. The molecule has 5 heteroatoms. The second-order valence-electron chi connectivity index (χ2n) is 5.49. The maximum Gasteiger partial charge on any atom is 0.253 e. The largest absolute Gasteiger partial charge is 0.495 e. The topological polar surface area (TPSA) is 62.4 Å². The average Bonchev–Trinajstić information content (AvgIpc) is 2.59. The van der Waals surface area contributed by atoms with Crippen LogP contribution in [0.3, 0.4) is 0 Å². The van der Waals surface area contributed by atoms with Crippen molar-refractivity contribution in [3.8, 4) is 5.75 Å². The van der Waals surface area contributed by atoms with Gasteiger partial charge in [0.1, 0.15) is 5.75 Å². The van der Waals surface area contributed by atoms with Gasteiger partial charge in [0.2, 0.25) is 5.91 Å². The number of pyridine rings is 1. The van der Waals surface area contributed by atoms with Crippen molar-refractivity contribution >= 4 is 22.5 Å². The van der Waals surface area contributed by atoms with E-state index in [4.69, 9.17) is 4.74 Å². The Kier molecular flexibility index (Phi) is 4.33. The van der Waals surface area contributed by atoms with Crippen LogP contribution in [0.15, 0.2) is 59.4 Å². The van der Waals surface area contributed by atoms with Crippen molar-refractivity contribution in [1.82, 2.24) is 4.98 Å². The molecule has 1 heterocycles. The lowest BCUT2D eigenvalue weighted by atomic mass is 10.1. The fourth-order valence-corrected chi connectivity index (χ4v) is 2.70. The molecule has 1 aromatic heterocycles. The lowest BCUT2D eigenvalue weighted by Gasteiger charge is -2.23. The van der Waals surface area contributed by atoms with Gasteiger partial charge in [0.05, 0.1) is 19.3 Å². The van der Waals surface area contributed by atoms with E-state index < -0.39 is 0 Å². The number of rotatable bonds is 4. The highest BCUT2D eigenvalue weighted by atomic mass is 16.5. The molecule has 0 bridgehead atoms. The van der Waals surface area contributed by atoms with Crippen LogP contribution in [0.5, 0.6) is 5.75 Å². The smallest absolute Gasteiger partial charge is 0.253 e. The second kappa shape index (κ2) is 6.58. The summed E-state index contributed by atoms with van der Waals surface area (Å²) in [4.78, 5) is 28.9. The Bertz CT molecular complexity index is 946. The molecule has 122 valence electrons. The quantitative estimate of drug-likeness (QED) is 0.803. The number of amides is 1. The molecule has 1 N–H and O–H groups in total. The number of hydrogen-bond donors (Lipinski definition) is 1. The molecule has 0 aliphatic carbocycles. The van der Waals surface area contributed by atoms with Crippen LogP contribution in [-0.4, -0.2) is 18.0 Å². The molecular formula is C19H18N2O3. The van der Waals surface area contributed by atoms with Crippen LogP contribution in [0.25, 0.3) is 10.9 Å². The number of H-pyrrole nitrogens is 1. The zero-order valence-corrected chi connectivity index (χ0v) is 13.6. The molecule has 0 saturated heterocycles. The summed E-state index contributed by atoms with van der Waals surface area (Å²) in [7, 11) is 1.56. The van der Waals surface area contributed by atoms with E-state index in [-0.39, 0.29) is 18.0 Å². The minimum Gasteiger partial charge on any atom is -0.495 e. The van der Waals surface area contributed by atoms with E-state index in [1.165, 1.54) is 11.8 Å². The zero-order chi connectivity index (χ0) is 17.1. The van der Waals surface area contributed by atoms with Crippen LogP contribution >= 0.6 is 0 Å². The van der Waals surface area contributed by atoms with Gasteiger partial charge in [0.15, 0.2) is 0 Å². The van der Waals surface area contributed by atoms with Crippen molar-refractivity contribution in [2.75, 3.05) is 12.0 Å².